The van der Waals surface area contributed by atoms with E-state index in [-0.39, 0.29) is 11.9 Å². The molecule has 1 atom stereocenters. The van der Waals surface area contributed by atoms with Crippen LogP contribution in [-0.4, -0.2) is 22.8 Å². The van der Waals surface area contributed by atoms with Crippen LogP contribution in [0.4, 0.5) is 5.82 Å². The third kappa shape index (κ3) is 1.71. The average molecular weight is 295 g/mol. The summed E-state index contributed by atoms with van der Waals surface area (Å²) in [7, 11) is 0. The van der Waals surface area contributed by atoms with Gasteiger partial charge < -0.3 is 10.1 Å². The first-order chi connectivity index (χ1) is 10.6. The van der Waals surface area contributed by atoms with Gasteiger partial charge in [0.15, 0.2) is 5.82 Å². The number of carbonyl (C=O) groups excluding carboxylic acids is 1. The van der Waals surface area contributed by atoms with Gasteiger partial charge in [-0.25, -0.2) is 4.79 Å². The molecule has 5 nitrogen and oxygen atoms in total. The number of anilines is 1. The fourth-order valence-electron chi connectivity index (χ4n) is 3.26. The lowest BCUT2D eigenvalue weighted by Gasteiger charge is -2.24. The van der Waals surface area contributed by atoms with Crippen LogP contribution < -0.4 is 5.32 Å². The number of rotatable bonds is 1. The number of cyclic esters (lactones) is 1. The Morgan fingerprint density at radius 1 is 1.23 bits per heavy atom. The molecule has 2 aliphatic heterocycles. The van der Waals surface area contributed by atoms with E-state index in [9.17, 15) is 4.79 Å². The second kappa shape index (κ2) is 4.47. The zero-order valence-electron chi connectivity index (χ0n) is 12.8. The van der Waals surface area contributed by atoms with Crippen molar-refractivity contribution in [3.8, 4) is 0 Å². The molecule has 4 rings (SSSR count). The van der Waals surface area contributed by atoms with Crippen molar-refractivity contribution in [2.45, 2.75) is 26.7 Å². The summed E-state index contributed by atoms with van der Waals surface area (Å²) in [5, 5.41) is 10.6. The van der Waals surface area contributed by atoms with Gasteiger partial charge in [-0.2, -0.15) is 5.10 Å². The summed E-state index contributed by atoms with van der Waals surface area (Å²) in [5.41, 5.74) is 7.09. The van der Waals surface area contributed by atoms with E-state index in [0.717, 1.165) is 28.3 Å². The largest absolute Gasteiger partial charge is 0.456 e. The maximum Gasteiger partial charge on any atom is 0.337 e. The highest BCUT2D eigenvalue weighted by atomic mass is 16.5. The predicted molar refractivity (Wildman–Crippen MR) is 82.7 cm³/mol. The van der Waals surface area contributed by atoms with Gasteiger partial charge in [0.25, 0.3) is 0 Å². The molecule has 3 heterocycles. The lowest BCUT2D eigenvalue weighted by Crippen LogP contribution is -2.20. The van der Waals surface area contributed by atoms with Gasteiger partial charge in [-0.1, -0.05) is 18.2 Å². The second-order valence-electron chi connectivity index (χ2n) is 5.98. The molecule has 2 aromatic rings. The summed E-state index contributed by atoms with van der Waals surface area (Å²) in [4.78, 5) is 12.2. The average Bonchev–Trinajstić information content (AvgIpc) is 3.05. The minimum atomic E-state index is -0.239. The molecule has 2 N–H and O–H groups in total. The number of carbonyl (C=O) groups is 1. The van der Waals surface area contributed by atoms with Crippen LogP contribution >= 0.6 is 0 Å². The summed E-state index contributed by atoms with van der Waals surface area (Å²) < 4.78 is 5.23. The zero-order chi connectivity index (χ0) is 15.4. The molecule has 0 saturated heterocycles. The summed E-state index contributed by atoms with van der Waals surface area (Å²) in [6.45, 7) is 6.45. The quantitative estimate of drug-likeness (QED) is 0.794. The van der Waals surface area contributed by atoms with E-state index in [2.05, 4.69) is 47.6 Å². The third-order valence-corrected chi connectivity index (χ3v) is 4.60. The Bertz CT molecular complexity index is 832. The molecule has 22 heavy (non-hydrogen) atoms. The number of aryl methyl sites for hydroxylation is 3. The van der Waals surface area contributed by atoms with Gasteiger partial charge in [0.05, 0.1) is 11.3 Å². The van der Waals surface area contributed by atoms with Gasteiger partial charge in [-0.3, -0.25) is 5.10 Å². The van der Waals surface area contributed by atoms with Gasteiger partial charge in [0, 0.05) is 17.2 Å². The fourth-order valence-corrected chi connectivity index (χ4v) is 3.26. The molecule has 1 aromatic carbocycles. The van der Waals surface area contributed by atoms with E-state index in [1.807, 2.05) is 6.92 Å². The number of aromatic amines is 1. The molecule has 0 amide bonds. The van der Waals surface area contributed by atoms with Crippen LogP contribution in [0.5, 0.6) is 0 Å². The lowest BCUT2D eigenvalue weighted by molar-refractivity contribution is -0.136. The van der Waals surface area contributed by atoms with Crippen molar-refractivity contribution in [3.63, 3.8) is 0 Å². The van der Waals surface area contributed by atoms with Crippen LogP contribution in [0.1, 0.15) is 33.9 Å². The molecule has 0 bridgehead atoms. The summed E-state index contributed by atoms with van der Waals surface area (Å²) >= 11 is 0. The van der Waals surface area contributed by atoms with Gasteiger partial charge in [0.2, 0.25) is 0 Å². The fraction of sp³-hybridized carbons (Fsp3) is 0.294. The summed E-state index contributed by atoms with van der Waals surface area (Å²) in [5.74, 6) is 0.425. The Hall–Kier alpha value is -2.56. The normalized spacial score (nSPS) is 19.6. The minimum absolute atomic E-state index is 0.126. The van der Waals surface area contributed by atoms with Gasteiger partial charge in [-0.15, -0.1) is 0 Å². The number of fused-ring (bicyclic) bond motifs is 1. The monoisotopic (exact) mass is 295 g/mol. The molecule has 0 spiro atoms. The van der Waals surface area contributed by atoms with E-state index < -0.39 is 0 Å². The minimum Gasteiger partial charge on any atom is -0.456 e. The molecule has 0 aliphatic carbocycles. The summed E-state index contributed by atoms with van der Waals surface area (Å²) in [6.07, 6.45) is 0. The van der Waals surface area contributed by atoms with E-state index in [0.29, 0.717) is 12.2 Å². The van der Waals surface area contributed by atoms with E-state index in [1.165, 1.54) is 11.1 Å². The molecule has 0 saturated carbocycles. The zero-order valence-corrected chi connectivity index (χ0v) is 12.8. The Kier molecular flexibility index (Phi) is 2.66. The first-order valence-electron chi connectivity index (χ1n) is 7.35. The Balaban J connectivity index is 1.95. The first-order valence-corrected chi connectivity index (χ1v) is 7.35. The van der Waals surface area contributed by atoms with Gasteiger partial charge in [-0.05, 0) is 37.5 Å². The Labute approximate surface area is 128 Å². The second-order valence-corrected chi connectivity index (χ2v) is 5.98. The number of H-pyrrole nitrogens is 1. The maximum atomic E-state index is 12.2. The van der Waals surface area contributed by atoms with Crippen molar-refractivity contribution in [2.24, 2.45) is 0 Å². The van der Waals surface area contributed by atoms with E-state index in [1.54, 1.807) is 0 Å². The van der Waals surface area contributed by atoms with Crippen molar-refractivity contribution in [2.75, 3.05) is 11.9 Å². The highest BCUT2D eigenvalue weighted by Crippen LogP contribution is 2.44. The maximum absolute atomic E-state index is 12.2. The molecule has 0 radical (unpaired) electrons. The number of nitrogens with one attached hydrogen (secondary N) is 2. The van der Waals surface area contributed by atoms with Crippen LogP contribution in [-0.2, 0) is 9.53 Å². The molecule has 5 heteroatoms. The number of ether oxygens (including phenoxy) is 1. The van der Waals surface area contributed by atoms with E-state index in [4.69, 9.17) is 4.74 Å². The molecule has 2 aliphatic rings. The Morgan fingerprint density at radius 2 is 2.05 bits per heavy atom. The van der Waals surface area contributed by atoms with Crippen molar-refractivity contribution in [1.29, 1.82) is 0 Å². The van der Waals surface area contributed by atoms with Gasteiger partial charge in [0.1, 0.15) is 6.61 Å². The van der Waals surface area contributed by atoms with Crippen LogP contribution in [0.25, 0.3) is 0 Å². The van der Waals surface area contributed by atoms with Gasteiger partial charge >= 0.3 is 5.97 Å². The van der Waals surface area contributed by atoms with Crippen molar-refractivity contribution >= 4 is 11.8 Å². The topological polar surface area (TPSA) is 67.0 Å². The highest BCUT2D eigenvalue weighted by Gasteiger charge is 2.40. The lowest BCUT2D eigenvalue weighted by atomic mass is 9.81. The predicted octanol–water partition coefficient (Wildman–Crippen LogP) is 2.70. The number of hydrogen-bond donors (Lipinski definition) is 2. The van der Waals surface area contributed by atoms with Crippen molar-refractivity contribution in [3.05, 3.63) is 57.4 Å². The van der Waals surface area contributed by atoms with E-state index >= 15 is 0 Å². The highest BCUT2D eigenvalue weighted by molar-refractivity contribution is 5.97. The standard InChI is InChI=1S/C17H17N3O2/c1-8-4-5-11(6-9(8)2)14-13-10(3)19-20-16(13)18-12-7-22-17(21)15(12)14/h4-6,14H,7H2,1-3H3,(H2,18,19,20)/t14-/m0/s1. The number of esters is 1. The SMILES string of the molecule is Cc1ccc([C@@H]2C3=C(COC3=O)Nc3n[nH]c(C)c32)cc1C. The molecule has 0 fully saturated rings. The number of aromatic nitrogens is 2. The first kappa shape index (κ1) is 13.1. The van der Waals surface area contributed by atoms with Crippen LogP contribution in [0.2, 0.25) is 0 Å². The van der Waals surface area contributed by atoms with Crippen LogP contribution in [0, 0.1) is 20.8 Å². The summed E-state index contributed by atoms with van der Waals surface area (Å²) in [6, 6.07) is 6.34. The molecular weight excluding hydrogens is 278 g/mol. The molecule has 1 aromatic heterocycles. The Morgan fingerprint density at radius 3 is 2.82 bits per heavy atom. The van der Waals surface area contributed by atoms with Crippen LogP contribution in [0.15, 0.2) is 29.5 Å². The third-order valence-electron chi connectivity index (χ3n) is 4.60. The number of benzene rings is 1. The van der Waals surface area contributed by atoms with Crippen molar-refractivity contribution in [1.82, 2.24) is 10.2 Å². The molecule has 112 valence electrons. The molecular formula is C17H17N3O2. The van der Waals surface area contributed by atoms with Crippen molar-refractivity contribution < 1.29 is 9.53 Å². The molecule has 0 unspecified atom stereocenters. The number of hydrogen-bond acceptors (Lipinski definition) is 4. The smallest absolute Gasteiger partial charge is 0.337 e. The van der Waals surface area contributed by atoms with Crippen LogP contribution in [0.3, 0.4) is 0 Å². The number of nitrogens with zero attached hydrogens (tertiary/aromatic N) is 1.